The Bertz CT molecular complexity index is 122. The second kappa shape index (κ2) is 2.50. The van der Waals surface area contributed by atoms with Crippen LogP contribution in [0.4, 0.5) is 4.39 Å². The molecular formula is C8H16FN. The molecule has 0 aliphatic carbocycles. The van der Waals surface area contributed by atoms with Crippen molar-refractivity contribution >= 4 is 0 Å². The Kier molecular flexibility index (Phi) is 1.99. The minimum absolute atomic E-state index is 0.169. The number of nitrogens with one attached hydrogen (secondary N) is 1. The topological polar surface area (TPSA) is 12.0 Å². The van der Waals surface area contributed by atoms with E-state index in [0.717, 1.165) is 13.1 Å². The van der Waals surface area contributed by atoms with Crippen LogP contribution in [0, 0.1) is 11.3 Å². The van der Waals surface area contributed by atoms with E-state index in [1.807, 2.05) is 20.8 Å². The van der Waals surface area contributed by atoms with Gasteiger partial charge in [0.05, 0.1) is 0 Å². The maximum atomic E-state index is 13.3. The third-order valence-corrected chi connectivity index (χ3v) is 2.29. The molecule has 0 aromatic heterocycles. The lowest BCUT2D eigenvalue weighted by atomic mass is 9.78. The van der Waals surface area contributed by atoms with Crippen molar-refractivity contribution in [3.63, 3.8) is 0 Å². The second-order valence-corrected chi connectivity index (χ2v) is 4.00. The Balaban J connectivity index is 2.60. The number of hydrogen-bond acceptors (Lipinski definition) is 1. The first-order valence-electron chi connectivity index (χ1n) is 3.89. The first-order chi connectivity index (χ1) is 4.54. The van der Waals surface area contributed by atoms with Crippen molar-refractivity contribution in [1.82, 2.24) is 5.32 Å². The van der Waals surface area contributed by atoms with Crippen molar-refractivity contribution in [3.8, 4) is 0 Å². The summed E-state index contributed by atoms with van der Waals surface area (Å²) >= 11 is 0. The van der Waals surface area contributed by atoms with E-state index in [4.69, 9.17) is 0 Å². The minimum Gasteiger partial charge on any atom is -0.316 e. The van der Waals surface area contributed by atoms with E-state index in [1.54, 1.807) is 0 Å². The van der Waals surface area contributed by atoms with E-state index in [2.05, 4.69) is 5.32 Å². The molecular weight excluding hydrogens is 129 g/mol. The molecule has 0 aromatic rings. The van der Waals surface area contributed by atoms with Crippen molar-refractivity contribution < 1.29 is 4.39 Å². The van der Waals surface area contributed by atoms with E-state index in [1.165, 1.54) is 0 Å². The summed E-state index contributed by atoms with van der Waals surface area (Å²) in [5.74, 6) is 0.170. The zero-order valence-corrected chi connectivity index (χ0v) is 6.95. The summed E-state index contributed by atoms with van der Waals surface area (Å²) in [6, 6.07) is 0. The monoisotopic (exact) mass is 145 g/mol. The van der Waals surface area contributed by atoms with Crippen molar-refractivity contribution in [1.29, 1.82) is 0 Å². The van der Waals surface area contributed by atoms with Crippen LogP contribution in [0.3, 0.4) is 0 Å². The van der Waals surface area contributed by atoms with Gasteiger partial charge in [-0.1, -0.05) is 20.8 Å². The van der Waals surface area contributed by atoms with Crippen LogP contribution in [0.25, 0.3) is 0 Å². The lowest BCUT2D eigenvalue weighted by Gasteiger charge is -2.38. The molecule has 0 radical (unpaired) electrons. The molecule has 1 N–H and O–H groups in total. The lowest BCUT2D eigenvalue weighted by molar-refractivity contribution is 0.0584. The molecule has 60 valence electrons. The molecule has 10 heavy (non-hydrogen) atoms. The molecule has 1 nitrogen and oxygen atoms in total. The average Bonchev–Trinajstić information content (AvgIpc) is 1.83. The fourth-order valence-electron chi connectivity index (χ4n) is 1.59. The van der Waals surface area contributed by atoms with Gasteiger partial charge in [-0.05, 0) is 0 Å². The Morgan fingerprint density at radius 2 is 2.10 bits per heavy atom. The molecule has 2 atom stereocenters. The predicted molar refractivity (Wildman–Crippen MR) is 40.7 cm³/mol. The summed E-state index contributed by atoms with van der Waals surface area (Å²) in [7, 11) is 0. The molecule has 1 aliphatic rings. The molecule has 1 saturated heterocycles. The van der Waals surface area contributed by atoms with E-state index >= 15 is 0 Å². The van der Waals surface area contributed by atoms with Gasteiger partial charge in [0.2, 0.25) is 0 Å². The van der Waals surface area contributed by atoms with Crippen LogP contribution in [0.15, 0.2) is 0 Å². The number of halogens is 1. The molecule has 0 spiro atoms. The van der Waals surface area contributed by atoms with Gasteiger partial charge in [-0.3, -0.25) is 0 Å². The average molecular weight is 145 g/mol. The molecule has 0 amide bonds. The highest BCUT2D eigenvalue weighted by atomic mass is 19.1. The molecule has 0 bridgehead atoms. The van der Waals surface area contributed by atoms with Gasteiger partial charge in [-0.25, -0.2) is 4.39 Å². The zero-order chi connectivity index (χ0) is 7.78. The fraction of sp³-hybridized carbons (Fsp3) is 1.00. The fourth-order valence-corrected chi connectivity index (χ4v) is 1.59. The quantitative estimate of drug-likeness (QED) is 0.546. The molecule has 2 heteroatoms. The summed E-state index contributed by atoms with van der Waals surface area (Å²) < 4.78 is 13.3. The third-order valence-electron chi connectivity index (χ3n) is 2.29. The van der Waals surface area contributed by atoms with Crippen LogP contribution in [0.5, 0.6) is 0 Å². The Labute approximate surface area is 62.0 Å². The second-order valence-electron chi connectivity index (χ2n) is 4.00. The van der Waals surface area contributed by atoms with Crippen LogP contribution < -0.4 is 5.32 Å². The molecule has 0 saturated carbocycles. The van der Waals surface area contributed by atoms with E-state index in [0.29, 0.717) is 0 Å². The molecule has 0 aromatic carbocycles. The summed E-state index contributed by atoms with van der Waals surface area (Å²) in [6.07, 6.45) is -0.645. The van der Waals surface area contributed by atoms with Crippen molar-refractivity contribution in [2.75, 3.05) is 13.1 Å². The number of alkyl halides is 1. The lowest BCUT2D eigenvalue weighted by Crippen LogP contribution is -2.49. The SMILES string of the molecule is CC1CNCC(C)(C)C1F. The summed E-state index contributed by atoms with van der Waals surface area (Å²) in [5.41, 5.74) is -0.169. The summed E-state index contributed by atoms with van der Waals surface area (Å²) in [6.45, 7) is 7.53. The predicted octanol–water partition coefficient (Wildman–Crippen LogP) is 1.59. The highest BCUT2D eigenvalue weighted by Gasteiger charge is 2.36. The highest BCUT2D eigenvalue weighted by molar-refractivity contribution is 4.88. The van der Waals surface area contributed by atoms with E-state index in [-0.39, 0.29) is 11.3 Å². The minimum atomic E-state index is -0.645. The van der Waals surface area contributed by atoms with Crippen molar-refractivity contribution in [2.24, 2.45) is 11.3 Å². The van der Waals surface area contributed by atoms with E-state index in [9.17, 15) is 4.39 Å². The molecule has 1 fully saturated rings. The smallest absolute Gasteiger partial charge is 0.110 e. The van der Waals surface area contributed by atoms with Gasteiger partial charge in [-0.15, -0.1) is 0 Å². The number of piperidine rings is 1. The van der Waals surface area contributed by atoms with Gasteiger partial charge < -0.3 is 5.32 Å². The zero-order valence-electron chi connectivity index (χ0n) is 6.95. The van der Waals surface area contributed by atoms with E-state index < -0.39 is 6.17 Å². The van der Waals surface area contributed by atoms with Crippen LogP contribution in [0.2, 0.25) is 0 Å². The van der Waals surface area contributed by atoms with Crippen molar-refractivity contribution in [3.05, 3.63) is 0 Å². The van der Waals surface area contributed by atoms with Crippen LogP contribution in [-0.2, 0) is 0 Å². The summed E-state index contributed by atoms with van der Waals surface area (Å²) in [5, 5.41) is 3.22. The normalized spacial score (nSPS) is 39.6. The van der Waals surface area contributed by atoms with Gasteiger partial charge in [0.15, 0.2) is 0 Å². The van der Waals surface area contributed by atoms with Crippen LogP contribution in [0.1, 0.15) is 20.8 Å². The summed E-state index contributed by atoms with van der Waals surface area (Å²) in [4.78, 5) is 0. The molecule has 1 aliphatic heterocycles. The molecule has 2 unspecified atom stereocenters. The largest absolute Gasteiger partial charge is 0.316 e. The Hall–Kier alpha value is -0.110. The number of hydrogen-bond donors (Lipinski definition) is 1. The van der Waals surface area contributed by atoms with Crippen LogP contribution in [-0.4, -0.2) is 19.3 Å². The maximum Gasteiger partial charge on any atom is 0.110 e. The highest BCUT2D eigenvalue weighted by Crippen LogP contribution is 2.30. The van der Waals surface area contributed by atoms with Crippen LogP contribution >= 0.6 is 0 Å². The number of rotatable bonds is 0. The van der Waals surface area contributed by atoms with Gasteiger partial charge in [-0.2, -0.15) is 0 Å². The third kappa shape index (κ3) is 1.31. The standard InChI is InChI=1S/C8H16FN/c1-6-4-10-5-8(2,3)7(6)9/h6-7,10H,4-5H2,1-3H3. The molecule has 1 rings (SSSR count). The Morgan fingerprint density at radius 1 is 1.50 bits per heavy atom. The first kappa shape index (κ1) is 7.99. The maximum absolute atomic E-state index is 13.3. The van der Waals surface area contributed by atoms with Gasteiger partial charge in [0.1, 0.15) is 6.17 Å². The first-order valence-corrected chi connectivity index (χ1v) is 3.89. The van der Waals surface area contributed by atoms with Crippen molar-refractivity contribution in [2.45, 2.75) is 26.9 Å². The molecule has 1 heterocycles. The van der Waals surface area contributed by atoms with Gasteiger partial charge in [0, 0.05) is 24.4 Å². The van der Waals surface area contributed by atoms with Gasteiger partial charge >= 0.3 is 0 Å². The van der Waals surface area contributed by atoms with Gasteiger partial charge in [0.25, 0.3) is 0 Å². The Morgan fingerprint density at radius 3 is 2.50 bits per heavy atom.